The third-order valence-corrected chi connectivity index (χ3v) is 2.71. The topological polar surface area (TPSA) is 70.1 Å². The van der Waals surface area contributed by atoms with E-state index < -0.39 is 0 Å². The number of carbonyl (C=O) groups excluding carboxylic acids is 1. The van der Waals surface area contributed by atoms with Crippen LogP contribution in [-0.2, 0) is 9.53 Å². The third-order valence-electron chi connectivity index (χ3n) is 2.71. The van der Waals surface area contributed by atoms with E-state index in [0.717, 1.165) is 5.69 Å². The van der Waals surface area contributed by atoms with Crippen molar-refractivity contribution in [2.75, 3.05) is 6.61 Å². The van der Waals surface area contributed by atoms with Crippen molar-refractivity contribution in [3.63, 3.8) is 0 Å². The van der Waals surface area contributed by atoms with Crippen LogP contribution >= 0.6 is 0 Å². The molecule has 1 heterocycles. The van der Waals surface area contributed by atoms with Crippen molar-refractivity contribution in [3.05, 3.63) is 18.2 Å². The molecule has 1 aliphatic rings. The summed E-state index contributed by atoms with van der Waals surface area (Å²) in [5, 5.41) is 0. The van der Waals surface area contributed by atoms with Crippen LogP contribution in [0.15, 0.2) is 12.5 Å². The van der Waals surface area contributed by atoms with Gasteiger partial charge in [-0.05, 0) is 19.8 Å². The first-order valence-electron chi connectivity index (χ1n) is 5.65. The number of rotatable bonds is 5. The molecule has 0 aromatic carbocycles. The minimum Gasteiger partial charge on any atom is -0.466 e. The van der Waals surface area contributed by atoms with Crippen molar-refractivity contribution < 1.29 is 9.53 Å². The Kier molecular flexibility index (Phi) is 3.24. The summed E-state index contributed by atoms with van der Waals surface area (Å²) in [4.78, 5) is 15.4. The van der Waals surface area contributed by atoms with Gasteiger partial charge in [0.1, 0.15) is 0 Å². The van der Waals surface area contributed by atoms with Crippen LogP contribution in [0, 0.1) is 0 Å². The largest absolute Gasteiger partial charge is 0.466 e. The van der Waals surface area contributed by atoms with Crippen LogP contribution in [-0.4, -0.2) is 22.1 Å². The second-order valence-electron chi connectivity index (χ2n) is 4.07. The lowest BCUT2D eigenvalue weighted by Gasteiger charge is -2.13. The first-order valence-corrected chi connectivity index (χ1v) is 5.65. The fraction of sp³-hybridized carbons (Fsp3) is 0.636. The zero-order valence-electron chi connectivity index (χ0n) is 9.43. The molecule has 0 aliphatic heterocycles. The number of ether oxygens (including phenoxy) is 1. The van der Waals surface area contributed by atoms with E-state index in [1.807, 2.05) is 0 Å². The molecule has 2 rings (SSSR count). The molecule has 16 heavy (non-hydrogen) atoms. The minimum absolute atomic E-state index is 0.215. The molecule has 1 aromatic rings. The van der Waals surface area contributed by atoms with E-state index >= 15 is 0 Å². The van der Waals surface area contributed by atoms with Gasteiger partial charge in [-0.1, -0.05) is 0 Å². The minimum atomic E-state index is -0.317. The Bertz CT molecular complexity index is 371. The van der Waals surface area contributed by atoms with Crippen molar-refractivity contribution in [1.29, 1.82) is 0 Å². The first-order chi connectivity index (χ1) is 7.72. The second-order valence-corrected chi connectivity index (χ2v) is 4.07. The maximum absolute atomic E-state index is 11.3. The van der Waals surface area contributed by atoms with Crippen LogP contribution in [0.2, 0.25) is 0 Å². The molecule has 5 heteroatoms. The number of esters is 1. The zero-order chi connectivity index (χ0) is 11.5. The molecule has 0 radical (unpaired) electrons. The molecular formula is C11H17N3O2. The van der Waals surface area contributed by atoms with Gasteiger partial charge in [0, 0.05) is 12.2 Å². The maximum Gasteiger partial charge on any atom is 0.307 e. The van der Waals surface area contributed by atoms with Crippen molar-refractivity contribution in [3.8, 4) is 0 Å². The van der Waals surface area contributed by atoms with Crippen LogP contribution in [0.5, 0.6) is 0 Å². The number of imidazole rings is 1. The molecule has 0 amide bonds. The zero-order valence-corrected chi connectivity index (χ0v) is 9.43. The number of nitrogens with two attached hydrogens (primary N) is 1. The monoisotopic (exact) mass is 223 g/mol. The summed E-state index contributed by atoms with van der Waals surface area (Å²) < 4.78 is 6.95. The van der Waals surface area contributed by atoms with Crippen LogP contribution in [0.1, 0.15) is 44.0 Å². The van der Waals surface area contributed by atoms with Crippen LogP contribution in [0.4, 0.5) is 0 Å². The normalized spacial score (nSPS) is 17.1. The van der Waals surface area contributed by atoms with E-state index in [-0.39, 0.29) is 18.4 Å². The van der Waals surface area contributed by atoms with Gasteiger partial charge in [0.05, 0.1) is 31.1 Å². The summed E-state index contributed by atoms with van der Waals surface area (Å²) >= 11 is 0. The highest BCUT2D eigenvalue weighted by atomic mass is 16.5. The van der Waals surface area contributed by atoms with Gasteiger partial charge in [-0.25, -0.2) is 4.98 Å². The van der Waals surface area contributed by atoms with Crippen molar-refractivity contribution in [2.24, 2.45) is 5.73 Å². The van der Waals surface area contributed by atoms with Gasteiger partial charge in [-0.15, -0.1) is 0 Å². The maximum atomic E-state index is 11.3. The molecule has 2 N–H and O–H groups in total. The van der Waals surface area contributed by atoms with Gasteiger partial charge < -0.3 is 15.0 Å². The van der Waals surface area contributed by atoms with E-state index in [4.69, 9.17) is 10.5 Å². The number of nitrogens with zero attached hydrogens (tertiary/aromatic N) is 2. The Hall–Kier alpha value is -1.36. The number of hydrogen-bond donors (Lipinski definition) is 1. The number of hydrogen-bond acceptors (Lipinski definition) is 4. The van der Waals surface area contributed by atoms with Gasteiger partial charge in [-0.2, -0.15) is 0 Å². The van der Waals surface area contributed by atoms with Crippen molar-refractivity contribution in [1.82, 2.24) is 9.55 Å². The first kappa shape index (κ1) is 11.1. The molecule has 1 fully saturated rings. The van der Waals surface area contributed by atoms with Crippen molar-refractivity contribution >= 4 is 5.97 Å². The van der Waals surface area contributed by atoms with E-state index in [1.165, 1.54) is 12.8 Å². The third kappa shape index (κ3) is 2.41. The Morgan fingerprint density at radius 2 is 2.50 bits per heavy atom. The van der Waals surface area contributed by atoms with Gasteiger partial charge in [0.25, 0.3) is 0 Å². The molecular weight excluding hydrogens is 206 g/mol. The van der Waals surface area contributed by atoms with Gasteiger partial charge in [-0.3, -0.25) is 4.79 Å². The molecule has 0 unspecified atom stereocenters. The summed E-state index contributed by atoms with van der Waals surface area (Å²) in [7, 11) is 0. The fourth-order valence-electron chi connectivity index (χ4n) is 1.76. The van der Waals surface area contributed by atoms with Crippen LogP contribution in [0.3, 0.4) is 0 Å². The van der Waals surface area contributed by atoms with E-state index in [0.29, 0.717) is 12.6 Å². The fourth-order valence-corrected chi connectivity index (χ4v) is 1.76. The van der Waals surface area contributed by atoms with E-state index in [2.05, 4.69) is 9.55 Å². The molecule has 1 aliphatic carbocycles. The summed E-state index contributed by atoms with van der Waals surface area (Å²) in [6.45, 7) is 2.19. The molecule has 0 bridgehead atoms. The standard InChI is InChI=1S/C11H17N3O2/c1-2-16-11(15)5-9(12)10-6-13-7-14(10)8-3-4-8/h6-9H,2-5,12H2,1H3/t9-/m1/s1. The summed E-state index contributed by atoms with van der Waals surface area (Å²) in [6.07, 6.45) is 6.09. The predicted molar refractivity (Wildman–Crippen MR) is 58.7 cm³/mol. The predicted octanol–water partition coefficient (Wildman–Crippen LogP) is 1.17. The molecule has 1 aromatic heterocycles. The van der Waals surface area contributed by atoms with Gasteiger partial charge in [0.2, 0.25) is 0 Å². The smallest absolute Gasteiger partial charge is 0.307 e. The number of carbonyl (C=O) groups is 1. The summed E-state index contributed by atoms with van der Waals surface area (Å²) in [5.41, 5.74) is 6.90. The Morgan fingerprint density at radius 3 is 3.12 bits per heavy atom. The van der Waals surface area contributed by atoms with Gasteiger partial charge >= 0.3 is 5.97 Å². The Balaban J connectivity index is 1.99. The van der Waals surface area contributed by atoms with Crippen LogP contribution in [0.25, 0.3) is 0 Å². The SMILES string of the molecule is CCOC(=O)C[C@@H](N)c1cncn1C1CC1. The lowest BCUT2D eigenvalue weighted by Crippen LogP contribution is -2.20. The summed E-state index contributed by atoms with van der Waals surface area (Å²) in [5.74, 6) is -0.251. The number of aromatic nitrogens is 2. The molecule has 0 spiro atoms. The van der Waals surface area contributed by atoms with E-state index in [9.17, 15) is 4.79 Å². The van der Waals surface area contributed by atoms with E-state index in [1.54, 1.807) is 19.4 Å². The Morgan fingerprint density at radius 1 is 1.75 bits per heavy atom. The van der Waals surface area contributed by atoms with Crippen molar-refractivity contribution in [2.45, 2.75) is 38.3 Å². The molecule has 1 atom stereocenters. The molecule has 5 nitrogen and oxygen atoms in total. The average molecular weight is 223 g/mol. The average Bonchev–Trinajstić information content (AvgIpc) is 2.96. The highest BCUT2D eigenvalue weighted by Gasteiger charge is 2.27. The lowest BCUT2D eigenvalue weighted by molar-refractivity contribution is -0.143. The highest BCUT2D eigenvalue weighted by molar-refractivity contribution is 5.70. The summed E-state index contributed by atoms with van der Waals surface area (Å²) in [6, 6.07) is 0.216. The Labute approximate surface area is 94.6 Å². The molecule has 0 saturated heterocycles. The van der Waals surface area contributed by atoms with Gasteiger partial charge in [0.15, 0.2) is 0 Å². The molecule has 88 valence electrons. The quantitative estimate of drug-likeness (QED) is 0.761. The van der Waals surface area contributed by atoms with Crippen LogP contribution < -0.4 is 5.73 Å². The second kappa shape index (κ2) is 4.65. The lowest BCUT2D eigenvalue weighted by atomic mass is 10.1. The molecule has 1 saturated carbocycles. The highest BCUT2D eigenvalue weighted by Crippen LogP contribution is 2.36.